The number of benzene rings is 2. The highest BCUT2D eigenvalue weighted by atomic mass is 32.2. The molecule has 0 aliphatic rings. The maximum absolute atomic E-state index is 13.1. The zero-order chi connectivity index (χ0) is 23.3. The number of carbonyl (C=O) groups is 1. The molecular weight excluding hydrogens is 415 g/mol. The molecule has 0 aromatic heterocycles. The number of nitrogens with one attached hydrogen (secondary N) is 1. The third-order valence-corrected chi connectivity index (χ3v) is 7.18. The van der Waals surface area contributed by atoms with Crippen LogP contribution in [0.15, 0.2) is 47.4 Å². The minimum absolute atomic E-state index is 0.105. The number of amides is 1. The monoisotopic (exact) mass is 446 g/mol. The van der Waals surface area contributed by atoms with Crippen LogP contribution in [0.2, 0.25) is 0 Å². The fourth-order valence-corrected chi connectivity index (χ4v) is 4.92. The SMILES string of the molecule is Cc1ccc(S(=O)(=O)N(CC(=O)N[C@@H](Cc2ccc(C)cc2C)B(O)O)C(C)C)cc1. The summed E-state index contributed by atoms with van der Waals surface area (Å²) in [5.74, 6) is -1.57. The Bertz CT molecular complexity index is 1010. The van der Waals surface area contributed by atoms with Gasteiger partial charge in [-0.2, -0.15) is 4.31 Å². The Morgan fingerprint density at radius 2 is 1.61 bits per heavy atom. The van der Waals surface area contributed by atoms with Crippen LogP contribution in [0.3, 0.4) is 0 Å². The van der Waals surface area contributed by atoms with Gasteiger partial charge in [-0.05, 0) is 64.3 Å². The average molecular weight is 446 g/mol. The Labute approximate surface area is 185 Å². The second-order valence-corrected chi connectivity index (χ2v) is 10.1. The second kappa shape index (κ2) is 10.4. The molecule has 0 unspecified atom stereocenters. The molecule has 0 spiro atoms. The third kappa shape index (κ3) is 6.64. The zero-order valence-electron chi connectivity index (χ0n) is 18.7. The Balaban J connectivity index is 2.17. The third-order valence-electron chi connectivity index (χ3n) is 5.15. The number of aryl methyl sites for hydroxylation is 3. The number of carbonyl (C=O) groups excluding carboxylic acids is 1. The van der Waals surface area contributed by atoms with E-state index in [9.17, 15) is 23.3 Å². The van der Waals surface area contributed by atoms with Gasteiger partial charge in [-0.15, -0.1) is 0 Å². The van der Waals surface area contributed by atoms with E-state index in [0.29, 0.717) is 0 Å². The van der Waals surface area contributed by atoms with Crippen LogP contribution in [0, 0.1) is 20.8 Å². The van der Waals surface area contributed by atoms with E-state index >= 15 is 0 Å². The van der Waals surface area contributed by atoms with Crippen LogP contribution in [0.25, 0.3) is 0 Å². The number of hydrogen-bond donors (Lipinski definition) is 3. The summed E-state index contributed by atoms with van der Waals surface area (Å²) in [5, 5.41) is 22.1. The quantitative estimate of drug-likeness (QED) is 0.509. The molecule has 0 fully saturated rings. The first-order chi connectivity index (χ1) is 14.4. The van der Waals surface area contributed by atoms with Crippen LogP contribution in [0.5, 0.6) is 0 Å². The van der Waals surface area contributed by atoms with E-state index in [2.05, 4.69) is 5.32 Å². The van der Waals surface area contributed by atoms with Crippen LogP contribution < -0.4 is 5.32 Å². The normalized spacial score (nSPS) is 12.8. The van der Waals surface area contributed by atoms with Crippen LogP contribution >= 0.6 is 0 Å². The van der Waals surface area contributed by atoms with Gasteiger partial charge in [-0.25, -0.2) is 8.42 Å². The van der Waals surface area contributed by atoms with Gasteiger partial charge >= 0.3 is 7.12 Å². The standard InChI is InChI=1S/C22H31BN2O5S/c1-15(2)25(31(29,30)20-10-7-16(3)8-11-20)14-22(26)24-21(23(27)28)13-19-9-6-17(4)12-18(19)5/h6-12,15,21,27-28H,13-14H2,1-5H3,(H,24,26)/t21-/m0/s1. The first-order valence-electron chi connectivity index (χ1n) is 10.2. The van der Waals surface area contributed by atoms with Gasteiger partial charge in [0.1, 0.15) is 0 Å². The smallest absolute Gasteiger partial charge is 0.426 e. The number of nitrogens with zero attached hydrogens (tertiary/aromatic N) is 1. The van der Waals surface area contributed by atoms with Crippen molar-refractivity contribution in [2.45, 2.75) is 57.9 Å². The van der Waals surface area contributed by atoms with Gasteiger partial charge in [0.05, 0.1) is 17.4 Å². The van der Waals surface area contributed by atoms with Gasteiger partial charge in [0.2, 0.25) is 15.9 Å². The van der Waals surface area contributed by atoms with E-state index in [4.69, 9.17) is 0 Å². The van der Waals surface area contributed by atoms with Gasteiger partial charge in [0.15, 0.2) is 0 Å². The maximum Gasteiger partial charge on any atom is 0.475 e. The molecule has 168 valence electrons. The van der Waals surface area contributed by atoms with Crippen molar-refractivity contribution in [1.29, 1.82) is 0 Å². The van der Waals surface area contributed by atoms with Gasteiger partial charge < -0.3 is 15.4 Å². The van der Waals surface area contributed by atoms with Crippen LogP contribution in [-0.4, -0.2) is 54.3 Å². The lowest BCUT2D eigenvalue weighted by Gasteiger charge is -2.27. The topological polar surface area (TPSA) is 107 Å². The van der Waals surface area contributed by atoms with Crippen molar-refractivity contribution in [2.75, 3.05) is 6.54 Å². The summed E-state index contributed by atoms with van der Waals surface area (Å²) in [5.41, 5.74) is 3.86. The molecule has 0 aliphatic heterocycles. The molecule has 0 saturated carbocycles. The molecule has 1 atom stereocenters. The minimum Gasteiger partial charge on any atom is -0.426 e. The van der Waals surface area contributed by atoms with E-state index in [1.807, 2.05) is 39.0 Å². The minimum atomic E-state index is -3.89. The predicted molar refractivity (Wildman–Crippen MR) is 122 cm³/mol. The van der Waals surface area contributed by atoms with E-state index < -0.39 is 41.6 Å². The fourth-order valence-electron chi connectivity index (χ4n) is 3.33. The summed E-state index contributed by atoms with van der Waals surface area (Å²) >= 11 is 0. The lowest BCUT2D eigenvalue weighted by molar-refractivity contribution is -0.122. The summed E-state index contributed by atoms with van der Waals surface area (Å²) in [6.07, 6.45) is 0.210. The molecule has 2 rings (SSSR count). The second-order valence-electron chi connectivity index (χ2n) is 8.18. The summed E-state index contributed by atoms with van der Waals surface area (Å²) in [6, 6.07) is 11.7. The molecule has 1 amide bonds. The number of sulfonamides is 1. The fraction of sp³-hybridized carbons (Fsp3) is 0.409. The molecule has 3 N–H and O–H groups in total. The van der Waals surface area contributed by atoms with Gasteiger partial charge in [0.25, 0.3) is 0 Å². The maximum atomic E-state index is 13.1. The van der Waals surface area contributed by atoms with Crippen LogP contribution in [0.1, 0.15) is 36.1 Å². The molecule has 0 bridgehead atoms. The molecule has 2 aromatic rings. The van der Waals surface area contributed by atoms with E-state index in [1.165, 1.54) is 12.1 Å². The average Bonchev–Trinajstić information content (AvgIpc) is 2.67. The highest BCUT2D eigenvalue weighted by molar-refractivity contribution is 7.89. The van der Waals surface area contributed by atoms with E-state index in [1.54, 1.807) is 26.0 Å². The highest BCUT2D eigenvalue weighted by Gasteiger charge is 2.31. The number of rotatable bonds is 9. The van der Waals surface area contributed by atoms with Gasteiger partial charge in [-0.1, -0.05) is 41.5 Å². The van der Waals surface area contributed by atoms with Crippen molar-refractivity contribution in [3.8, 4) is 0 Å². The van der Waals surface area contributed by atoms with E-state index in [0.717, 1.165) is 26.6 Å². The predicted octanol–water partition coefficient (Wildman–Crippen LogP) is 1.75. The van der Waals surface area contributed by atoms with Crippen molar-refractivity contribution >= 4 is 23.0 Å². The van der Waals surface area contributed by atoms with Crippen molar-refractivity contribution in [1.82, 2.24) is 9.62 Å². The molecule has 7 nitrogen and oxygen atoms in total. The summed E-state index contributed by atoms with van der Waals surface area (Å²) in [7, 11) is -5.68. The zero-order valence-corrected chi connectivity index (χ0v) is 19.5. The van der Waals surface area contributed by atoms with Crippen LogP contribution in [0.4, 0.5) is 0 Å². The molecule has 0 saturated heterocycles. The largest absolute Gasteiger partial charge is 0.475 e. The first-order valence-corrected chi connectivity index (χ1v) is 11.7. The Morgan fingerprint density at radius 3 is 2.13 bits per heavy atom. The van der Waals surface area contributed by atoms with Crippen molar-refractivity contribution in [2.24, 2.45) is 0 Å². The Hall–Kier alpha value is -2.20. The van der Waals surface area contributed by atoms with Crippen molar-refractivity contribution in [3.63, 3.8) is 0 Å². The molecule has 0 heterocycles. The molecule has 31 heavy (non-hydrogen) atoms. The summed E-state index contributed by atoms with van der Waals surface area (Å²) < 4.78 is 27.2. The molecule has 0 radical (unpaired) electrons. The molecule has 0 aliphatic carbocycles. The van der Waals surface area contributed by atoms with Gasteiger partial charge in [-0.3, -0.25) is 4.79 Å². The summed E-state index contributed by atoms with van der Waals surface area (Å²) in [6.45, 7) is 8.69. The molecule has 2 aromatic carbocycles. The first kappa shape index (κ1) is 25.1. The van der Waals surface area contributed by atoms with Crippen molar-refractivity contribution < 1.29 is 23.3 Å². The van der Waals surface area contributed by atoms with Crippen molar-refractivity contribution in [3.05, 3.63) is 64.7 Å². The summed E-state index contributed by atoms with van der Waals surface area (Å²) in [4.78, 5) is 12.8. The lowest BCUT2D eigenvalue weighted by Crippen LogP contribution is -2.52. The molecule has 9 heteroatoms. The Morgan fingerprint density at radius 1 is 1.03 bits per heavy atom. The lowest BCUT2D eigenvalue weighted by atomic mass is 9.75. The van der Waals surface area contributed by atoms with Gasteiger partial charge in [0, 0.05) is 6.04 Å². The van der Waals surface area contributed by atoms with Crippen LogP contribution in [-0.2, 0) is 21.2 Å². The highest BCUT2D eigenvalue weighted by Crippen LogP contribution is 2.19. The Kier molecular flexibility index (Phi) is 8.42. The number of hydrogen-bond acceptors (Lipinski definition) is 5. The molecular formula is C22H31BN2O5S. The van der Waals surface area contributed by atoms with E-state index in [-0.39, 0.29) is 11.3 Å².